The summed E-state index contributed by atoms with van der Waals surface area (Å²) in [6, 6.07) is 9.14. The van der Waals surface area contributed by atoms with E-state index in [1.54, 1.807) is 18.2 Å². The summed E-state index contributed by atoms with van der Waals surface area (Å²) in [5, 5.41) is 0. The second-order valence-corrected chi connectivity index (χ2v) is 7.16. The zero-order valence-corrected chi connectivity index (χ0v) is 15.5. The molecule has 0 unspecified atom stereocenters. The summed E-state index contributed by atoms with van der Waals surface area (Å²) in [4.78, 5) is 7.86. The van der Waals surface area contributed by atoms with Gasteiger partial charge in [0.2, 0.25) is 0 Å². The van der Waals surface area contributed by atoms with Crippen molar-refractivity contribution in [2.24, 2.45) is 5.92 Å². The van der Waals surface area contributed by atoms with Crippen molar-refractivity contribution in [1.29, 1.82) is 0 Å². The number of ether oxygens (including phenoxy) is 1. The van der Waals surface area contributed by atoms with Crippen LogP contribution >= 0.6 is 0 Å². The third kappa shape index (κ3) is 3.83. The number of rotatable bonds is 3. The summed E-state index contributed by atoms with van der Waals surface area (Å²) >= 11 is 0. The van der Waals surface area contributed by atoms with Crippen molar-refractivity contribution >= 4 is 17.1 Å². The number of alkyl halides is 3. The Balaban J connectivity index is 1.71. The number of benzene rings is 2. The van der Waals surface area contributed by atoms with Crippen LogP contribution in [0.3, 0.4) is 0 Å². The number of nitrogens with one attached hydrogen (secondary N) is 1. The van der Waals surface area contributed by atoms with Gasteiger partial charge in [-0.3, -0.25) is 0 Å². The summed E-state index contributed by atoms with van der Waals surface area (Å²) in [5.41, 5.74) is 2.43. The third-order valence-corrected chi connectivity index (χ3v) is 5.14. The minimum Gasteiger partial charge on any atom is -0.381 e. The normalized spacial score (nSPS) is 16.3. The van der Waals surface area contributed by atoms with Gasteiger partial charge in [-0.15, -0.1) is 0 Å². The maximum absolute atomic E-state index is 13.4. The highest BCUT2D eigenvalue weighted by atomic mass is 19.4. The molecular weight excluding hydrogens is 365 g/mol. The van der Waals surface area contributed by atoms with E-state index in [0.29, 0.717) is 22.8 Å². The van der Waals surface area contributed by atoms with Crippen molar-refractivity contribution in [3.8, 4) is 11.1 Å². The van der Waals surface area contributed by atoms with Gasteiger partial charge < -0.3 is 9.72 Å². The fourth-order valence-corrected chi connectivity index (χ4v) is 3.66. The van der Waals surface area contributed by atoms with E-state index in [1.165, 1.54) is 12.1 Å². The fraction of sp³-hybridized carbons (Fsp3) is 0.318. The molecule has 1 aliphatic rings. The van der Waals surface area contributed by atoms with Crippen molar-refractivity contribution in [2.45, 2.75) is 25.9 Å². The SMILES string of the molecule is Cc1cc(-c2ccccc2C(F)(F)F)cc2nc(C=CC3CCOCC3)[nH]c12. The Morgan fingerprint density at radius 1 is 1.14 bits per heavy atom. The average molecular weight is 386 g/mol. The number of aromatic amines is 1. The Morgan fingerprint density at radius 3 is 2.64 bits per heavy atom. The molecule has 0 amide bonds. The summed E-state index contributed by atoms with van der Waals surface area (Å²) in [7, 11) is 0. The van der Waals surface area contributed by atoms with E-state index in [-0.39, 0.29) is 5.56 Å². The van der Waals surface area contributed by atoms with Crippen molar-refractivity contribution < 1.29 is 17.9 Å². The molecule has 2 heterocycles. The van der Waals surface area contributed by atoms with Gasteiger partial charge in [0.15, 0.2) is 0 Å². The maximum Gasteiger partial charge on any atom is 0.417 e. The van der Waals surface area contributed by atoms with Gasteiger partial charge in [-0.1, -0.05) is 24.3 Å². The largest absolute Gasteiger partial charge is 0.417 e. The predicted molar refractivity (Wildman–Crippen MR) is 104 cm³/mol. The van der Waals surface area contributed by atoms with Gasteiger partial charge in [-0.25, -0.2) is 4.98 Å². The second kappa shape index (κ2) is 7.43. The average Bonchev–Trinajstić information content (AvgIpc) is 3.10. The smallest absolute Gasteiger partial charge is 0.381 e. The lowest BCUT2D eigenvalue weighted by Crippen LogP contribution is -2.13. The van der Waals surface area contributed by atoms with Crippen LogP contribution in [-0.4, -0.2) is 23.2 Å². The van der Waals surface area contributed by atoms with Gasteiger partial charge in [0.1, 0.15) is 5.82 Å². The van der Waals surface area contributed by atoms with Crippen molar-refractivity contribution in [3.63, 3.8) is 0 Å². The van der Waals surface area contributed by atoms with Gasteiger partial charge in [0, 0.05) is 13.2 Å². The van der Waals surface area contributed by atoms with Gasteiger partial charge in [0.25, 0.3) is 0 Å². The van der Waals surface area contributed by atoms with Crippen LogP contribution < -0.4 is 0 Å². The number of imidazole rings is 1. The molecule has 0 saturated carbocycles. The number of aromatic nitrogens is 2. The summed E-state index contributed by atoms with van der Waals surface area (Å²) in [6.45, 7) is 3.43. The van der Waals surface area contributed by atoms with E-state index in [4.69, 9.17) is 4.74 Å². The fourth-order valence-electron chi connectivity index (χ4n) is 3.66. The standard InChI is InChI=1S/C22H21F3N2O/c1-14-12-16(17-4-2-3-5-18(17)22(23,24)25)13-19-21(14)27-20(26-19)7-6-15-8-10-28-11-9-15/h2-7,12-13,15H,8-11H2,1H3,(H,26,27). The Morgan fingerprint density at radius 2 is 1.89 bits per heavy atom. The molecular formula is C22H21F3N2O. The van der Waals surface area contributed by atoms with Gasteiger partial charge in [-0.2, -0.15) is 13.2 Å². The van der Waals surface area contributed by atoms with E-state index in [2.05, 4.69) is 16.0 Å². The second-order valence-electron chi connectivity index (χ2n) is 7.16. The van der Waals surface area contributed by atoms with Gasteiger partial charge in [-0.05, 0) is 66.6 Å². The molecule has 0 atom stereocenters. The molecule has 3 aromatic rings. The van der Waals surface area contributed by atoms with Crippen LogP contribution in [-0.2, 0) is 10.9 Å². The molecule has 0 radical (unpaired) electrons. The van der Waals surface area contributed by atoms with E-state index in [1.807, 2.05) is 13.0 Å². The maximum atomic E-state index is 13.4. The lowest BCUT2D eigenvalue weighted by Gasteiger charge is -2.18. The topological polar surface area (TPSA) is 37.9 Å². The highest BCUT2D eigenvalue weighted by molar-refractivity contribution is 5.86. The number of nitrogens with zero attached hydrogens (tertiary/aromatic N) is 1. The predicted octanol–water partition coefficient (Wildman–Crippen LogP) is 6.00. The van der Waals surface area contributed by atoms with E-state index in [0.717, 1.165) is 43.2 Å². The number of halogens is 3. The van der Waals surface area contributed by atoms with Gasteiger partial charge in [0.05, 0.1) is 16.6 Å². The van der Waals surface area contributed by atoms with Crippen molar-refractivity contribution in [1.82, 2.24) is 9.97 Å². The van der Waals surface area contributed by atoms with Crippen LogP contribution in [0.15, 0.2) is 42.5 Å². The molecule has 1 N–H and O–H groups in total. The first-order chi connectivity index (χ1) is 13.4. The zero-order chi connectivity index (χ0) is 19.7. The summed E-state index contributed by atoms with van der Waals surface area (Å²) in [5.74, 6) is 1.18. The minimum absolute atomic E-state index is 0.169. The molecule has 0 bridgehead atoms. The summed E-state index contributed by atoms with van der Waals surface area (Å²) in [6.07, 6.45) is 1.68. The Bertz CT molecular complexity index is 1010. The van der Waals surface area contributed by atoms with Gasteiger partial charge >= 0.3 is 6.18 Å². The molecule has 0 spiro atoms. The minimum atomic E-state index is -4.40. The Labute approximate surface area is 161 Å². The molecule has 1 aromatic heterocycles. The molecule has 28 heavy (non-hydrogen) atoms. The van der Waals surface area contributed by atoms with E-state index < -0.39 is 11.7 Å². The first-order valence-electron chi connectivity index (χ1n) is 9.35. The third-order valence-electron chi connectivity index (χ3n) is 5.14. The molecule has 1 saturated heterocycles. The van der Waals surface area contributed by atoms with Crippen LogP contribution in [0, 0.1) is 12.8 Å². The number of fused-ring (bicyclic) bond motifs is 1. The number of allylic oxidation sites excluding steroid dienone is 1. The van der Waals surface area contributed by atoms with Crippen LogP contribution in [0.1, 0.15) is 29.8 Å². The first-order valence-corrected chi connectivity index (χ1v) is 9.35. The van der Waals surface area contributed by atoms with Crippen LogP contribution in [0.5, 0.6) is 0 Å². The van der Waals surface area contributed by atoms with Crippen LogP contribution in [0.25, 0.3) is 28.2 Å². The molecule has 0 aliphatic carbocycles. The van der Waals surface area contributed by atoms with Crippen molar-refractivity contribution in [3.05, 3.63) is 59.4 Å². The molecule has 4 rings (SSSR count). The van der Waals surface area contributed by atoms with E-state index in [9.17, 15) is 13.2 Å². The molecule has 6 heteroatoms. The van der Waals surface area contributed by atoms with E-state index >= 15 is 0 Å². The number of hydrogen-bond donors (Lipinski definition) is 1. The zero-order valence-electron chi connectivity index (χ0n) is 15.5. The monoisotopic (exact) mass is 386 g/mol. The number of hydrogen-bond acceptors (Lipinski definition) is 2. The molecule has 1 fully saturated rings. The summed E-state index contributed by atoms with van der Waals surface area (Å²) < 4.78 is 45.5. The Hall–Kier alpha value is -2.60. The lowest BCUT2D eigenvalue weighted by atomic mass is 9.97. The lowest BCUT2D eigenvalue weighted by molar-refractivity contribution is -0.137. The quantitative estimate of drug-likeness (QED) is 0.600. The Kier molecular flexibility index (Phi) is 4.98. The molecule has 146 valence electrons. The number of aryl methyl sites for hydroxylation is 1. The highest BCUT2D eigenvalue weighted by Gasteiger charge is 2.33. The van der Waals surface area contributed by atoms with Crippen LogP contribution in [0.4, 0.5) is 13.2 Å². The highest BCUT2D eigenvalue weighted by Crippen LogP contribution is 2.38. The molecule has 1 aliphatic heterocycles. The van der Waals surface area contributed by atoms with Crippen molar-refractivity contribution in [2.75, 3.05) is 13.2 Å². The molecule has 3 nitrogen and oxygen atoms in total. The molecule has 2 aromatic carbocycles. The van der Waals surface area contributed by atoms with Crippen LogP contribution in [0.2, 0.25) is 0 Å². The number of H-pyrrole nitrogens is 1. The first kappa shape index (κ1) is 18.7.